The molecule has 0 saturated heterocycles. The van der Waals surface area contributed by atoms with Crippen molar-refractivity contribution in [3.8, 4) is 0 Å². The van der Waals surface area contributed by atoms with E-state index in [1.54, 1.807) is 6.07 Å². The summed E-state index contributed by atoms with van der Waals surface area (Å²) >= 11 is 0. The Morgan fingerprint density at radius 1 is 1.12 bits per heavy atom. The monoisotopic (exact) mass is 329 g/mol. The van der Waals surface area contributed by atoms with Gasteiger partial charge in [0, 0.05) is 23.7 Å². The smallest absolute Gasteiger partial charge is 0.248 e. The third-order valence-electron chi connectivity index (χ3n) is 6.43. The van der Waals surface area contributed by atoms with Crippen LogP contribution in [0.2, 0.25) is 0 Å². The van der Waals surface area contributed by atoms with Gasteiger partial charge in [-0.3, -0.25) is 9.59 Å². The van der Waals surface area contributed by atoms with Gasteiger partial charge in [0.25, 0.3) is 0 Å². The summed E-state index contributed by atoms with van der Waals surface area (Å²) in [6.07, 6.45) is 8.33. The lowest BCUT2D eigenvalue weighted by atomic mass is 9.65. The summed E-state index contributed by atoms with van der Waals surface area (Å²) in [4.78, 5) is 27.3. The zero-order chi connectivity index (χ0) is 16.7. The maximum atomic E-state index is 12.9. The first kappa shape index (κ1) is 15.9. The molecule has 2 bridgehead atoms. The highest BCUT2D eigenvalue weighted by atomic mass is 16.2. The summed E-state index contributed by atoms with van der Waals surface area (Å²) in [5, 5.41) is 3.27. The van der Waals surface area contributed by atoms with Gasteiger partial charge in [-0.2, -0.15) is 0 Å². The van der Waals surface area contributed by atoms with Crippen molar-refractivity contribution in [3.63, 3.8) is 0 Å². The fourth-order valence-corrected chi connectivity index (χ4v) is 5.14. The minimum Gasteiger partial charge on any atom is -0.349 e. The molecule has 2 saturated carbocycles. The van der Waals surface area contributed by atoms with Crippen LogP contribution in [0.4, 0.5) is 0 Å². The van der Waals surface area contributed by atoms with Crippen LogP contribution in [0, 0.1) is 17.8 Å². The van der Waals surface area contributed by atoms with E-state index in [0.29, 0.717) is 17.9 Å². The predicted molar refractivity (Wildman–Crippen MR) is 92.4 cm³/mol. The van der Waals surface area contributed by atoms with Crippen LogP contribution in [0.1, 0.15) is 62.2 Å². The van der Waals surface area contributed by atoms with Crippen molar-refractivity contribution < 1.29 is 4.79 Å². The Labute approximate surface area is 142 Å². The van der Waals surface area contributed by atoms with Crippen LogP contribution in [0.3, 0.4) is 0 Å². The van der Waals surface area contributed by atoms with E-state index in [1.807, 2.05) is 6.07 Å². The van der Waals surface area contributed by atoms with E-state index in [-0.39, 0.29) is 23.4 Å². The van der Waals surface area contributed by atoms with Crippen molar-refractivity contribution in [1.29, 1.82) is 0 Å². The molecule has 1 aromatic rings. The van der Waals surface area contributed by atoms with Crippen LogP contribution in [0.5, 0.6) is 0 Å². The maximum absolute atomic E-state index is 12.9. The molecule has 2 fully saturated rings. The number of carbonyl (C=O) groups excluding carboxylic acids is 1. The fourth-order valence-electron chi connectivity index (χ4n) is 5.14. The number of amides is 1. The van der Waals surface area contributed by atoms with Gasteiger partial charge in [-0.15, -0.1) is 0 Å². The van der Waals surface area contributed by atoms with Crippen molar-refractivity contribution in [2.45, 2.75) is 63.5 Å². The molecule has 3 aliphatic rings. The summed E-state index contributed by atoms with van der Waals surface area (Å²) < 4.78 is 0. The standard InChI is InChI=1S/C19H27N3O2/c20-18-11-3-1-4-12(18)10-13(9-11)19(24)22-16-6-2-5-15-14(16)7-8-17(23)21-15/h7-8,11-13,16,18H,1-6,9-10,20H2,(H,21,23)(H,22,24). The second kappa shape index (κ2) is 6.36. The van der Waals surface area contributed by atoms with Gasteiger partial charge >= 0.3 is 0 Å². The zero-order valence-electron chi connectivity index (χ0n) is 14.1. The molecular weight excluding hydrogens is 302 g/mol. The Morgan fingerprint density at radius 2 is 1.88 bits per heavy atom. The number of H-pyrrole nitrogens is 1. The number of aromatic nitrogens is 1. The topological polar surface area (TPSA) is 88.0 Å². The van der Waals surface area contributed by atoms with E-state index in [2.05, 4.69) is 10.3 Å². The molecule has 130 valence electrons. The Hall–Kier alpha value is -1.62. The summed E-state index contributed by atoms with van der Waals surface area (Å²) in [6, 6.07) is 3.77. The van der Waals surface area contributed by atoms with Gasteiger partial charge in [-0.05, 0) is 68.4 Å². The normalized spacial score (nSPS) is 35.1. The van der Waals surface area contributed by atoms with E-state index >= 15 is 0 Å². The number of nitrogens with two attached hydrogens (primary N) is 1. The van der Waals surface area contributed by atoms with Gasteiger partial charge in [0.1, 0.15) is 0 Å². The average molecular weight is 329 g/mol. The molecule has 1 heterocycles. The first-order valence-corrected chi connectivity index (χ1v) is 9.40. The highest BCUT2D eigenvalue weighted by Gasteiger charge is 2.41. The molecule has 1 aromatic heterocycles. The molecule has 0 spiro atoms. The van der Waals surface area contributed by atoms with Crippen molar-refractivity contribution in [3.05, 3.63) is 33.7 Å². The van der Waals surface area contributed by atoms with Crippen LogP contribution in [0.25, 0.3) is 0 Å². The van der Waals surface area contributed by atoms with E-state index < -0.39 is 0 Å². The second-order valence-corrected chi connectivity index (χ2v) is 7.91. The molecule has 0 aromatic carbocycles. The molecule has 5 heteroatoms. The SMILES string of the molecule is NC1C2CCCC1CC(C(=O)NC1CCCc3[nH]c(=O)ccc31)C2. The number of rotatable bonds is 2. The highest BCUT2D eigenvalue weighted by Crippen LogP contribution is 2.42. The zero-order valence-corrected chi connectivity index (χ0v) is 14.1. The Morgan fingerprint density at radius 3 is 2.62 bits per heavy atom. The average Bonchev–Trinajstić information content (AvgIpc) is 2.54. The number of nitrogens with one attached hydrogen (secondary N) is 2. The molecule has 0 aliphatic heterocycles. The quantitative estimate of drug-likeness (QED) is 0.775. The summed E-state index contributed by atoms with van der Waals surface area (Å²) in [6.45, 7) is 0. The molecule has 24 heavy (non-hydrogen) atoms. The van der Waals surface area contributed by atoms with Crippen LogP contribution >= 0.6 is 0 Å². The van der Waals surface area contributed by atoms with Crippen LogP contribution in [-0.2, 0) is 11.2 Å². The van der Waals surface area contributed by atoms with E-state index in [0.717, 1.165) is 43.4 Å². The maximum Gasteiger partial charge on any atom is 0.248 e. The van der Waals surface area contributed by atoms with Gasteiger partial charge in [-0.1, -0.05) is 6.42 Å². The van der Waals surface area contributed by atoms with Crippen molar-refractivity contribution >= 4 is 5.91 Å². The molecule has 3 atom stereocenters. The van der Waals surface area contributed by atoms with Gasteiger partial charge in [0.15, 0.2) is 0 Å². The molecule has 4 rings (SSSR count). The van der Waals surface area contributed by atoms with Gasteiger partial charge < -0.3 is 16.0 Å². The van der Waals surface area contributed by atoms with E-state index in [1.165, 1.54) is 19.3 Å². The number of hydrogen-bond donors (Lipinski definition) is 3. The molecule has 0 radical (unpaired) electrons. The lowest BCUT2D eigenvalue weighted by Crippen LogP contribution is -2.49. The molecule has 3 unspecified atom stereocenters. The molecule has 1 amide bonds. The Kier molecular flexibility index (Phi) is 4.21. The molecular formula is C19H27N3O2. The van der Waals surface area contributed by atoms with Gasteiger partial charge in [-0.25, -0.2) is 0 Å². The van der Waals surface area contributed by atoms with Gasteiger partial charge in [0.2, 0.25) is 11.5 Å². The van der Waals surface area contributed by atoms with Crippen molar-refractivity contribution in [2.75, 3.05) is 0 Å². The second-order valence-electron chi connectivity index (χ2n) is 7.91. The lowest BCUT2D eigenvalue weighted by molar-refractivity contribution is -0.128. The fraction of sp³-hybridized carbons (Fsp3) is 0.684. The molecule has 4 N–H and O–H groups in total. The number of aryl methyl sites for hydroxylation is 1. The van der Waals surface area contributed by atoms with Crippen molar-refractivity contribution in [1.82, 2.24) is 10.3 Å². The minimum absolute atomic E-state index is 0.0357. The highest BCUT2D eigenvalue weighted by molar-refractivity contribution is 5.79. The largest absolute Gasteiger partial charge is 0.349 e. The number of fused-ring (bicyclic) bond motifs is 3. The summed E-state index contributed by atoms with van der Waals surface area (Å²) in [5.74, 6) is 1.32. The molecule has 5 nitrogen and oxygen atoms in total. The van der Waals surface area contributed by atoms with E-state index in [9.17, 15) is 9.59 Å². The Bertz CT molecular complexity index is 669. The number of pyridine rings is 1. The number of hydrogen-bond acceptors (Lipinski definition) is 3. The number of aromatic amines is 1. The first-order chi connectivity index (χ1) is 11.6. The molecule has 3 aliphatic carbocycles. The first-order valence-electron chi connectivity index (χ1n) is 9.40. The number of carbonyl (C=O) groups is 1. The van der Waals surface area contributed by atoms with Crippen LogP contribution in [0.15, 0.2) is 16.9 Å². The summed E-state index contributed by atoms with van der Waals surface area (Å²) in [7, 11) is 0. The third kappa shape index (κ3) is 2.90. The third-order valence-corrected chi connectivity index (χ3v) is 6.43. The van der Waals surface area contributed by atoms with Crippen LogP contribution in [-0.4, -0.2) is 16.9 Å². The Balaban J connectivity index is 1.47. The van der Waals surface area contributed by atoms with E-state index in [4.69, 9.17) is 5.73 Å². The van der Waals surface area contributed by atoms with Crippen molar-refractivity contribution in [2.24, 2.45) is 23.5 Å². The lowest BCUT2D eigenvalue weighted by Gasteiger charge is -2.43. The predicted octanol–water partition coefficient (Wildman–Crippen LogP) is 2.02. The van der Waals surface area contributed by atoms with Gasteiger partial charge in [0.05, 0.1) is 6.04 Å². The van der Waals surface area contributed by atoms with Crippen LogP contribution < -0.4 is 16.6 Å². The summed E-state index contributed by atoms with van der Waals surface area (Å²) in [5.41, 5.74) is 8.36. The minimum atomic E-state index is -0.0604.